The zero-order valence-electron chi connectivity index (χ0n) is 22.2. The molecule has 0 radical (unpaired) electrons. The maximum Gasteiger partial charge on any atom is 0.417 e. The normalized spacial score (nSPS) is 12.8. The third-order valence-electron chi connectivity index (χ3n) is 6.34. The first-order valence-corrected chi connectivity index (χ1v) is 13.2. The molecular formula is C30H24ClF4NO6. The third kappa shape index (κ3) is 6.52. The van der Waals surface area contributed by atoms with Gasteiger partial charge in [0.25, 0.3) is 0 Å². The average Bonchev–Trinajstić information content (AvgIpc) is 2.95. The molecule has 0 unspecified atom stereocenters. The minimum Gasteiger partial charge on any atom is -0.487 e. The highest BCUT2D eigenvalue weighted by Gasteiger charge is 2.33. The van der Waals surface area contributed by atoms with Gasteiger partial charge in [0.1, 0.15) is 31.4 Å². The van der Waals surface area contributed by atoms with Gasteiger partial charge in [-0.3, -0.25) is 9.78 Å². The van der Waals surface area contributed by atoms with Gasteiger partial charge in [0.2, 0.25) is 5.75 Å². The van der Waals surface area contributed by atoms with Crippen LogP contribution in [0.1, 0.15) is 16.7 Å². The van der Waals surface area contributed by atoms with Crippen molar-refractivity contribution in [1.82, 2.24) is 4.98 Å². The molecule has 2 heterocycles. The standard InChI is InChI=1S/C30H24ClF4NO6/c1-38-8-9-39-26-16-23-27(29-28(26)40-10-11-41-29)25(6-7-36-23)42-24-5-3-18(15-22(24)32)13-19(37)12-17-2-4-21(31)20(14-17)30(33,34)35/h2-7,14-16H,8-13H2,1H3. The fourth-order valence-corrected chi connectivity index (χ4v) is 4.70. The Labute approximate surface area is 242 Å². The van der Waals surface area contributed by atoms with Crippen LogP contribution in [0.4, 0.5) is 17.6 Å². The van der Waals surface area contributed by atoms with Crippen LogP contribution in [-0.2, 0) is 28.5 Å². The molecule has 12 heteroatoms. The Kier molecular flexibility index (Phi) is 8.69. The Bertz CT molecular complexity index is 1630. The predicted octanol–water partition coefficient (Wildman–Crippen LogP) is 6.99. The number of carbonyl (C=O) groups is 1. The van der Waals surface area contributed by atoms with Gasteiger partial charge < -0.3 is 23.7 Å². The zero-order valence-corrected chi connectivity index (χ0v) is 23.0. The van der Waals surface area contributed by atoms with Gasteiger partial charge in [-0.1, -0.05) is 23.7 Å². The first-order chi connectivity index (χ1) is 20.1. The maximum atomic E-state index is 15.1. The molecule has 3 aromatic carbocycles. The van der Waals surface area contributed by atoms with E-state index in [1.165, 1.54) is 24.4 Å². The van der Waals surface area contributed by atoms with Gasteiger partial charge in [-0.15, -0.1) is 0 Å². The first kappa shape index (κ1) is 29.4. The van der Waals surface area contributed by atoms with Crippen LogP contribution in [0.15, 0.2) is 54.7 Å². The van der Waals surface area contributed by atoms with E-state index >= 15 is 4.39 Å². The van der Waals surface area contributed by atoms with Crippen molar-refractivity contribution in [2.24, 2.45) is 0 Å². The maximum absolute atomic E-state index is 15.1. The molecule has 1 aromatic heterocycles. The number of alkyl halides is 3. The van der Waals surface area contributed by atoms with Crippen molar-refractivity contribution in [3.8, 4) is 28.7 Å². The molecule has 0 fully saturated rings. The van der Waals surface area contributed by atoms with Gasteiger partial charge in [-0.05, 0) is 41.5 Å². The molecule has 0 atom stereocenters. The van der Waals surface area contributed by atoms with Crippen molar-refractivity contribution in [2.45, 2.75) is 19.0 Å². The van der Waals surface area contributed by atoms with E-state index in [9.17, 15) is 18.0 Å². The van der Waals surface area contributed by atoms with Crippen LogP contribution in [0, 0.1) is 5.82 Å². The van der Waals surface area contributed by atoms with E-state index in [2.05, 4.69) is 4.98 Å². The molecule has 220 valence electrons. The summed E-state index contributed by atoms with van der Waals surface area (Å²) in [5, 5.41) is 0.0138. The quantitative estimate of drug-likeness (QED) is 0.142. The van der Waals surface area contributed by atoms with Gasteiger partial charge >= 0.3 is 6.18 Å². The lowest BCUT2D eigenvalue weighted by Gasteiger charge is -2.23. The number of ketones is 1. The van der Waals surface area contributed by atoms with Gasteiger partial charge in [0.15, 0.2) is 23.1 Å². The third-order valence-corrected chi connectivity index (χ3v) is 6.67. The summed E-state index contributed by atoms with van der Waals surface area (Å²) in [6.07, 6.45) is -3.61. The second-order valence-electron chi connectivity index (χ2n) is 9.35. The topological polar surface area (TPSA) is 76.1 Å². The van der Waals surface area contributed by atoms with Crippen LogP contribution in [0.5, 0.6) is 28.7 Å². The SMILES string of the molecule is COCCOc1cc2nccc(Oc3ccc(CC(=O)Cc4ccc(Cl)c(C(F)(F)F)c4)cc3F)c2c2c1OCCO2. The molecule has 0 amide bonds. The highest BCUT2D eigenvalue weighted by molar-refractivity contribution is 6.31. The Morgan fingerprint density at radius 1 is 0.929 bits per heavy atom. The Hall–Kier alpha value is -4.09. The van der Waals surface area contributed by atoms with Crippen molar-refractivity contribution in [2.75, 3.05) is 33.5 Å². The molecule has 0 N–H and O–H groups in total. The Morgan fingerprint density at radius 2 is 1.64 bits per heavy atom. The van der Waals surface area contributed by atoms with Crippen molar-refractivity contribution in [1.29, 1.82) is 0 Å². The number of methoxy groups -OCH3 is 1. The fourth-order valence-electron chi connectivity index (χ4n) is 4.47. The average molecular weight is 606 g/mol. The summed E-state index contributed by atoms with van der Waals surface area (Å²) in [4.78, 5) is 17.0. The van der Waals surface area contributed by atoms with E-state index in [1.807, 2.05) is 0 Å². The molecule has 0 aliphatic carbocycles. The second-order valence-corrected chi connectivity index (χ2v) is 9.75. The van der Waals surface area contributed by atoms with E-state index < -0.39 is 28.4 Å². The smallest absolute Gasteiger partial charge is 0.417 e. The monoisotopic (exact) mass is 605 g/mol. The van der Waals surface area contributed by atoms with Crippen LogP contribution in [0.3, 0.4) is 0 Å². The van der Waals surface area contributed by atoms with Crippen LogP contribution in [-0.4, -0.2) is 44.3 Å². The van der Waals surface area contributed by atoms with Crippen molar-refractivity contribution in [3.05, 3.63) is 82.3 Å². The number of hydrogen-bond donors (Lipinski definition) is 0. The Morgan fingerprint density at radius 3 is 2.36 bits per heavy atom. The van der Waals surface area contributed by atoms with Crippen molar-refractivity contribution in [3.63, 3.8) is 0 Å². The lowest BCUT2D eigenvalue weighted by molar-refractivity contribution is -0.137. The number of fused-ring (bicyclic) bond motifs is 3. The number of ether oxygens (including phenoxy) is 5. The molecule has 1 aliphatic heterocycles. The van der Waals surface area contributed by atoms with Gasteiger partial charge in [0, 0.05) is 32.2 Å². The van der Waals surface area contributed by atoms with Gasteiger partial charge in [0.05, 0.1) is 28.1 Å². The minimum absolute atomic E-state index is 0.114. The number of Topliss-reactive ketones (excluding diaryl/α,β-unsaturated/α-hetero) is 1. The molecular weight excluding hydrogens is 582 g/mol. The summed E-state index contributed by atoms with van der Waals surface area (Å²) in [5.74, 6) is 0.168. The van der Waals surface area contributed by atoms with Gasteiger partial charge in [-0.2, -0.15) is 13.2 Å². The molecule has 0 bridgehead atoms. The summed E-state index contributed by atoms with van der Waals surface area (Å²) in [6.45, 7) is 1.24. The number of benzene rings is 3. The fraction of sp³-hybridized carbons (Fsp3) is 0.267. The molecule has 42 heavy (non-hydrogen) atoms. The second kappa shape index (κ2) is 12.4. The highest BCUT2D eigenvalue weighted by atomic mass is 35.5. The van der Waals surface area contributed by atoms with Crippen molar-refractivity contribution < 1.29 is 46.0 Å². The Balaban J connectivity index is 1.35. The van der Waals surface area contributed by atoms with E-state index in [0.29, 0.717) is 46.9 Å². The van der Waals surface area contributed by atoms with E-state index in [-0.39, 0.29) is 43.1 Å². The first-order valence-electron chi connectivity index (χ1n) is 12.8. The van der Waals surface area contributed by atoms with Crippen LogP contribution in [0.2, 0.25) is 5.02 Å². The number of nitrogens with zero attached hydrogens (tertiary/aromatic N) is 1. The molecule has 0 spiro atoms. The number of pyridine rings is 1. The number of aromatic nitrogens is 1. The van der Waals surface area contributed by atoms with E-state index in [4.69, 9.17) is 35.3 Å². The van der Waals surface area contributed by atoms with Crippen LogP contribution in [0.25, 0.3) is 10.9 Å². The summed E-state index contributed by atoms with van der Waals surface area (Å²) >= 11 is 5.65. The number of carbonyl (C=O) groups excluding carboxylic acids is 1. The molecule has 0 saturated heterocycles. The predicted molar refractivity (Wildman–Crippen MR) is 145 cm³/mol. The molecule has 5 rings (SSSR count). The minimum atomic E-state index is -4.65. The molecule has 1 aliphatic rings. The van der Waals surface area contributed by atoms with Crippen LogP contribution >= 0.6 is 11.6 Å². The number of rotatable bonds is 10. The van der Waals surface area contributed by atoms with Gasteiger partial charge in [-0.25, -0.2) is 4.39 Å². The van der Waals surface area contributed by atoms with E-state index in [1.54, 1.807) is 19.2 Å². The molecule has 7 nitrogen and oxygen atoms in total. The zero-order chi connectivity index (χ0) is 29.9. The lowest BCUT2D eigenvalue weighted by atomic mass is 10.0. The summed E-state index contributed by atoms with van der Waals surface area (Å²) in [5.41, 5.74) is -0.0497. The summed E-state index contributed by atoms with van der Waals surface area (Å²) in [7, 11) is 1.56. The van der Waals surface area contributed by atoms with Crippen molar-refractivity contribution >= 4 is 28.3 Å². The molecule has 4 aromatic rings. The molecule has 0 saturated carbocycles. The number of hydrogen-bond acceptors (Lipinski definition) is 7. The summed E-state index contributed by atoms with van der Waals surface area (Å²) < 4.78 is 83.0. The van der Waals surface area contributed by atoms with Crippen LogP contribution < -0.4 is 18.9 Å². The van der Waals surface area contributed by atoms with E-state index in [0.717, 1.165) is 18.2 Å². The summed E-state index contributed by atoms with van der Waals surface area (Å²) in [6, 6.07) is 10.6. The largest absolute Gasteiger partial charge is 0.487 e. The lowest BCUT2D eigenvalue weighted by Crippen LogP contribution is -2.17. The highest BCUT2D eigenvalue weighted by Crippen LogP contribution is 2.48. The number of halogens is 5.